The first kappa shape index (κ1) is 22.9. The second kappa shape index (κ2) is 8.27. The van der Waals surface area contributed by atoms with Crippen molar-refractivity contribution in [1.29, 1.82) is 0 Å². The molecule has 1 saturated heterocycles. The van der Waals surface area contributed by atoms with Crippen molar-refractivity contribution >= 4 is 12.0 Å². The van der Waals surface area contributed by atoms with Crippen molar-refractivity contribution in [3.05, 3.63) is 42.1 Å². The van der Waals surface area contributed by atoms with Gasteiger partial charge in [0.15, 0.2) is 0 Å². The van der Waals surface area contributed by atoms with Crippen LogP contribution >= 0.6 is 0 Å². The number of rotatable bonds is 4. The third-order valence-electron chi connectivity index (χ3n) is 5.53. The zero-order valence-electron chi connectivity index (χ0n) is 18.4. The van der Waals surface area contributed by atoms with E-state index in [4.69, 9.17) is 4.74 Å². The molecule has 2 fully saturated rings. The Morgan fingerprint density at radius 2 is 1.91 bits per heavy atom. The lowest BCUT2D eigenvalue weighted by Gasteiger charge is -2.29. The number of pyridine rings is 1. The van der Waals surface area contributed by atoms with Crippen LogP contribution in [0, 0.1) is 5.92 Å². The van der Waals surface area contributed by atoms with Crippen LogP contribution in [-0.4, -0.2) is 49.5 Å². The minimum Gasteiger partial charge on any atom is -0.444 e. The van der Waals surface area contributed by atoms with Crippen molar-refractivity contribution in [2.24, 2.45) is 5.92 Å². The highest BCUT2D eigenvalue weighted by molar-refractivity contribution is 5.87. The van der Waals surface area contributed by atoms with Gasteiger partial charge < -0.3 is 10.1 Å². The van der Waals surface area contributed by atoms with Crippen LogP contribution in [0.4, 0.5) is 18.0 Å². The Labute approximate surface area is 188 Å². The lowest BCUT2D eigenvalue weighted by molar-refractivity contribution is -0.141. The van der Waals surface area contributed by atoms with Crippen LogP contribution in [0.3, 0.4) is 0 Å². The molecule has 8 nitrogen and oxygen atoms in total. The molecule has 0 spiro atoms. The van der Waals surface area contributed by atoms with E-state index in [2.05, 4.69) is 20.3 Å². The molecular formula is C22H24F3N5O3. The molecule has 0 aromatic carbocycles. The molecule has 176 valence electrons. The van der Waals surface area contributed by atoms with Crippen LogP contribution in [0.25, 0.3) is 11.3 Å². The molecule has 1 aliphatic heterocycles. The minimum absolute atomic E-state index is 0.0356. The first-order valence-electron chi connectivity index (χ1n) is 10.6. The number of piperidine rings is 1. The van der Waals surface area contributed by atoms with E-state index in [9.17, 15) is 22.8 Å². The van der Waals surface area contributed by atoms with E-state index in [-0.39, 0.29) is 18.5 Å². The van der Waals surface area contributed by atoms with E-state index in [1.807, 2.05) is 0 Å². The summed E-state index contributed by atoms with van der Waals surface area (Å²) in [5.74, 6) is 0.00973. The zero-order valence-corrected chi connectivity index (χ0v) is 18.4. The fourth-order valence-electron chi connectivity index (χ4n) is 3.93. The van der Waals surface area contributed by atoms with E-state index in [0.29, 0.717) is 29.3 Å². The number of carbonyl (C=O) groups excluding carboxylic acids is 2. The summed E-state index contributed by atoms with van der Waals surface area (Å²) < 4.78 is 43.6. The van der Waals surface area contributed by atoms with Crippen molar-refractivity contribution < 1.29 is 27.5 Å². The molecule has 0 bridgehead atoms. The number of alkyl halides is 3. The highest BCUT2D eigenvalue weighted by Crippen LogP contribution is 2.48. The molecule has 3 atom stereocenters. The monoisotopic (exact) mass is 463 g/mol. The lowest BCUT2D eigenvalue weighted by atomic mass is 10.1. The third-order valence-corrected chi connectivity index (χ3v) is 5.53. The van der Waals surface area contributed by atoms with Crippen LogP contribution in [0.1, 0.15) is 45.0 Å². The standard InChI is InChI=1S/C22H24F3N5O3/c1-21(2,3)33-20(32)30-16-6-13(16)7-17(30)19(31)27-10-14-8-15(29-11-28-14)12-4-5-18(26-9-12)22(23,24)25/h4-5,8-9,11,13,16-17H,6-7,10H2,1-3H3,(H,27,31). The molecular weight excluding hydrogens is 439 g/mol. The molecule has 1 N–H and O–H groups in total. The average Bonchev–Trinajstić information content (AvgIpc) is 3.39. The van der Waals surface area contributed by atoms with Crippen molar-refractivity contribution in [1.82, 2.24) is 25.2 Å². The van der Waals surface area contributed by atoms with Gasteiger partial charge in [-0.05, 0) is 57.7 Å². The largest absolute Gasteiger partial charge is 0.444 e. The highest BCUT2D eigenvalue weighted by atomic mass is 19.4. The van der Waals surface area contributed by atoms with Gasteiger partial charge in [0.05, 0.1) is 17.9 Å². The second-order valence-electron chi connectivity index (χ2n) is 9.24. The molecule has 3 heterocycles. The van der Waals surface area contributed by atoms with Gasteiger partial charge in [-0.15, -0.1) is 0 Å². The van der Waals surface area contributed by atoms with E-state index in [0.717, 1.165) is 18.7 Å². The molecule has 3 unspecified atom stereocenters. The number of hydrogen-bond acceptors (Lipinski definition) is 6. The predicted octanol–water partition coefficient (Wildman–Crippen LogP) is 3.57. The number of likely N-dealkylation sites (tertiary alicyclic amines) is 1. The number of nitrogens with zero attached hydrogens (tertiary/aromatic N) is 4. The van der Waals surface area contributed by atoms with Crippen LogP contribution in [0.15, 0.2) is 30.7 Å². The van der Waals surface area contributed by atoms with Gasteiger partial charge in [-0.1, -0.05) is 0 Å². The lowest BCUT2D eigenvalue weighted by Crippen LogP contribution is -2.49. The summed E-state index contributed by atoms with van der Waals surface area (Å²) in [6.07, 6.45) is -1.19. The van der Waals surface area contributed by atoms with Crippen molar-refractivity contribution in [2.75, 3.05) is 0 Å². The van der Waals surface area contributed by atoms with Crippen molar-refractivity contribution in [3.8, 4) is 11.3 Å². The predicted molar refractivity (Wildman–Crippen MR) is 110 cm³/mol. The molecule has 1 saturated carbocycles. The summed E-state index contributed by atoms with van der Waals surface area (Å²) in [5, 5.41) is 2.79. The Morgan fingerprint density at radius 3 is 2.55 bits per heavy atom. The van der Waals surface area contributed by atoms with E-state index >= 15 is 0 Å². The van der Waals surface area contributed by atoms with E-state index in [1.54, 1.807) is 26.8 Å². The van der Waals surface area contributed by atoms with E-state index < -0.39 is 29.6 Å². The molecule has 2 aromatic rings. The summed E-state index contributed by atoms with van der Waals surface area (Å²) in [6, 6.07) is 3.17. The quantitative estimate of drug-likeness (QED) is 0.745. The van der Waals surface area contributed by atoms with Crippen LogP contribution in [0.2, 0.25) is 0 Å². The topological polar surface area (TPSA) is 97.3 Å². The van der Waals surface area contributed by atoms with E-state index in [1.165, 1.54) is 17.3 Å². The number of fused-ring (bicyclic) bond motifs is 1. The summed E-state index contributed by atoms with van der Waals surface area (Å²) in [4.78, 5) is 38.6. The minimum atomic E-state index is -4.52. The Kier molecular flexibility index (Phi) is 5.75. The van der Waals surface area contributed by atoms with Crippen LogP contribution in [-0.2, 0) is 22.3 Å². The van der Waals surface area contributed by atoms with Gasteiger partial charge in [-0.25, -0.2) is 14.8 Å². The van der Waals surface area contributed by atoms with Gasteiger partial charge in [0.1, 0.15) is 23.7 Å². The summed E-state index contributed by atoms with van der Waals surface area (Å²) in [6.45, 7) is 5.41. The Bertz CT molecular complexity index is 1050. The van der Waals surface area contributed by atoms with Gasteiger partial charge in [-0.2, -0.15) is 13.2 Å². The second-order valence-corrected chi connectivity index (χ2v) is 9.24. The fraction of sp³-hybridized carbons (Fsp3) is 0.500. The molecule has 2 aliphatic rings. The van der Waals surface area contributed by atoms with Gasteiger partial charge in [0, 0.05) is 17.8 Å². The van der Waals surface area contributed by atoms with Gasteiger partial charge in [0.2, 0.25) is 5.91 Å². The fourth-order valence-corrected chi connectivity index (χ4v) is 3.93. The van der Waals surface area contributed by atoms with Crippen molar-refractivity contribution in [2.45, 2.75) is 64.0 Å². The number of halogens is 3. The number of amides is 2. The maximum Gasteiger partial charge on any atom is 0.433 e. The van der Waals surface area contributed by atoms with Gasteiger partial charge in [-0.3, -0.25) is 14.7 Å². The number of nitrogens with one attached hydrogen (secondary N) is 1. The molecule has 2 amide bonds. The number of hydrogen-bond donors (Lipinski definition) is 1. The normalized spacial score (nSPS) is 22.0. The summed E-state index contributed by atoms with van der Waals surface area (Å²) in [7, 11) is 0. The molecule has 0 radical (unpaired) electrons. The summed E-state index contributed by atoms with van der Waals surface area (Å²) in [5.41, 5.74) is -0.398. The molecule has 2 aromatic heterocycles. The smallest absolute Gasteiger partial charge is 0.433 e. The first-order valence-corrected chi connectivity index (χ1v) is 10.6. The van der Waals surface area contributed by atoms with Crippen LogP contribution in [0.5, 0.6) is 0 Å². The molecule has 11 heteroatoms. The number of carbonyl (C=O) groups is 2. The number of ether oxygens (including phenoxy) is 1. The zero-order chi connectivity index (χ0) is 24.0. The van der Waals surface area contributed by atoms with Crippen molar-refractivity contribution in [3.63, 3.8) is 0 Å². The number of aromatic nitrogens is 3. The molecule has 1 aliphatic carbocycles. The Balaban J connectivity index is 1.40. The Hall–Kier alpha value is -3.24. The maximum absolute atomic E-state index is 12.8. The molecule has 33 heavy (non-hydrogen) atoms. The Morgan fingerprint density at radius 1 is 1.15 bits per heavy atom. The average molecular weight is 463 g/mol. The highest BCUT2D eigenvalue weighted by Gasteiger charge is 2.57. The first-order chi connectivity index (χ1) is 15.4. The van der Waals surface area contributed by atoms with Gasteiger partial charge >= 0.3 is 12.3 Å². The third kappa shape index (κ3) is 5.23. The SMILES string of the molecule is CC(C)(C)OC(=O)N1C(C(=O)NCc2cc(-c3ccc(C(F)(F)F)nc3)ncn2)CC2CC21. The van der Waals surface area contributed by atoms with Gasteiger partial charge in [0.25, 0.3) is 0 Å². The summed E-state index contributed by atoms with van der Waals surface area (Å²) >= 11 is 0. The molecule has 4 rings (SSSR count). The van der Waals surface area contributed by atoms with Crippen LogP contribution < -0.4 is 5.32 Å². The maximum atomic E-state index is 12.8.